The highest BCUT2D eigenvalue weighted by Crippen LogP contribution is 2.41. The van der Waals surface area contributed by atoms with Crippen molar-refractivity contribution in [3.05, 3.63) is 41.5 Å². The topological polar surface area (TPSA) is 41.6 Å². The Morgan fingerprint density at radius 1 is 1.15 bits per heavy atom. The molecule has 0 spiro atoms. The van der Waals surface area contributed by atoms with E-state index < -0.39 is 11.7 Å². The van der Waals surface area contributed by atoms with Crippen LogP contribution in [0.1, 0.15) is 11.1 Å². The molecule has 1 amide bonds. The van der Waals surface area contributed by atoms with Gasteiger partial charge in [-0.1, -0.05) is 36.5 Å². The van der Waals surface area contributed by atoms with Gasteiger partial charge in [-0.3, -0.25) is 4.79 Å². The van der Waals surface area contributed by atoms with Gasteiger partial charge < -0.3 is 15.0 Å². The summed E-state index contributed by atoms with van der Waals surface area (Å²) in [6.45, 7) is 0.306. The van der Waals surface area contributed by atoms with Gasteiger partial charge >= 0.3 is 6.18 Å². The van der Waals surface area contributed by atoms with Gasteiger partial charge in [0.05, 0.1) is 13.7 Å². The first kappa shape index (κ1) is 20.1. The van der Waals surface area contributed by atoms with Crippen LogP contribution in [0.4, 0.5) is 13.2 Å². The number of halogens is 3. The van der Waals surface area contributed by atoms with E-state index in [9.17, 15) is 18.0 Å². The molecule has 0 aromatic heterocycles. The average Bonchev–Trinajstić information content (AvgIpc) is 2.58. The number of benzene rings is 2. The first-order valence-corrected chi connectivity index (χ1v) is 8.18. The SMILES string of the molecule is COc1ccc2c(C(=S)CNCC(=O)N(C)C)cccc2c1C(F)(F)F. The predicted molar refractivity (Wildman–Crippen MR) is 98.8 cm³/mol. The lowest BCUT2D eigenvalue weighted by Crippen LogP contribution is -2.35. The number of carbonyl (C=O) groups is 1. The number of likely N-dealkylation sites (N-methyl/N-ethyl adjacent to an activating group) is 1. The second-order valence-corrected chi connectivity index (χ2v) is 6.35. The maximum absolute atomic E-state index is 13.5. The molecular formula is C18H19F3N2O2S. The normalized spacial score (nSPS) is 11.5. The Kier molecular flexibility index (Phi) is 6.20. The van der Waals surface area contributed by atoms with E-state index in [2.05, 4.69) is 5.32 Å². The molecule has 1 N–H and O–H groups in total. The van der Waals surface area contributed by atoms with Gasteiger partial charge in [0, 0.05) is 25.5 Å². The number of rotatable bonds is 6. The first-order chi connectivity index (χ1) is 12.2. The largest absolute Gasteiger partial charge is 0.496 e. The fraction of sp³-hybridized carbons (Fsp3) is 0.333. The van der Waals surface area contributed by atoms with Gasteiger partial charge in [-0.15, -0.1) is 0 Å². The van der Waals surface area contributed by atoms with Gasteiger partial charge in [0.25, 0.3) is 0 Å². The van der Waals surface area contributed by atoms with E-state index >= 15 is 0 Å². The lowest BCUT2D eigenvalue weighted by atomic mass is 9.97. The maximum Gasteiger partial charge on any atom is 0.420 e. The number of hydrogen-bond donors (Lipinski definition) is 1. The van der Waals surface area contributed by atoms with E-state index in [1.165, 1.54) is 30.2 Å². The van der Waals surface area contributed by atoms with Crippen molar-refractivity contribution in [2.75, 3.05) is 34.3 Å². The van der Waals surface area contributed by atoms with E-state index in [0.717, 1.165) is 0 Å². The monoisotopic (exact) mass is 384 g/mol. The third-order valence-corrected chi connectivity index (χ3v) is 4.25. The van der Waals surface area contributed by atoms with Crippen molar-refractivity contribution in [3.8, 4) is 5.75 Å². The highest BCUT2D eigenvalue weighted by molar-refractivity contribution is 7.81. The number of thiocarbonyl (C=S) groups is 1. The molecular weight excluding hydrogens is 365 g/mol. The van der Waals surface area contributed by atoms with E-state index in [1.807, 2.05) is 0 Å². The summed E-state index contributed by atoms with van der Waals surface area (Å²) in [4.78, 5) is 13.5. The quantitative estimate of drug-likeness (QED) is 0.613. The molecule has 0 unspecified atom stereocenters. The molecule has 8 heteroatoms. The molecule has 2 rings (SSSR count). The molecule has 140 valence electrons. The van der Waals surface area contributed by atoms with Crippen LogP contribution in [0.5, 0.6) is 5.75 Å². The Labute approximate surface area is 154 Å². The van der Waals surface area contributed by atoms with Crippen molar-refractivity contribution in [2.45, 2.75) is 6.18 Å². The van der Waals surface area contributed by atoms with Crippen molar-refractivity contribution in [3.63, 3.8) is 0 Å². The summed E-state index contributed by atoms with van der Waals surface area (Å²) in [7, 11) is 4.48. The molecule has 0 fully saturated rings. The van der Waals surface area contributed by atoms with Crippen LogP contribution < -0.4 is 10.1 Å². The zero-order valence-electron chi connectivity index (χ0n) is 14.6. The Bertz CT molecular complexity index is 835. The zero-order chi connectivity index (χ0) is 19.5. The molecule has 2 aromatic rings. The highest BCUT2D eigenvalue weighted by Gasteiger charge is 2.36. The Balaban J connectivity index is 2.38. The molecule has 0 aliphatic heterocycles. The minimum absolute atomic E-state index is 0.0288. The number of nitrogens with zero attached hydrogens (tertiary/aromatic N) is 1. The lowest BCUT2D eigenvalue weighted by Gasteiger charge is -2.17. The van der Waals surface area contributed by atoms with Crippen LogP contribution in [-0.4, -0.2) is 50.0 Å². The number of nitrogens with one attached hydrogen (secondary N) is 1. The second kappa shape index (κ2) is 8.01. The molecule has 2 aromatic carbocycles. The Morgan fingerprint density at radius 2 is 1.85 bits per heavy atom. The van der Waals surface area contributed by atoms with Crippen LogP contribution in [-0.2, 0) is 11.0 Å². The summed E-state index contributed by atoms with van der Waals surface area (Å²) in [6, 6.07) is 7.46. The van der Waals surface area contributed by atoms with Crippen LogP contribution in [0.2, 0.25) is 0 Å². The molecule has 0 bridgehead atoms. The van der Waals surface area contributed by atoms with E-state index in [1.54, 1.807) is 26.2 Å². The Morgan fingerprint density at radius 3 is 2.42 bits per heavy atom. The highest BCUT2D eigenvalue weighted by atomic mass is 32.1. The fourth-order valence-electron chi connectivity index (χ4n) is 2.58. The molecule has 4 nitrogen and oxygen atoms in total. The van der Waals surface area contributed by atoms with Crippen LogP contribution in [0.3, 0.4) is 0 Å². The van der Waals surface area contributed by atoms with Gasteiger partial charge in [0.15, 0.2) is 0 Å². The minimum atomic E-state index is -4.55. The number of amides is 1. The van der Waals surface area contributed by atoms with Crippen molar-refractivity contribution < 1.29 is 22.7 Å². The number of methoxy groups -OCH3 is 1. The van der Waals surface area contributed by atoms with E-state index in [4.69, 9.17) is 17.0 Å². The van der Waals surface area contributed by atoms with Crippen LogP contribution in [0.15, 0.2) is 30.3 Å². The number of carbonyl (C=O) groups excluding carboxylic acids is 1. The van der Waals surface area contributed by atoms with Crippen LogP contribution in [0, 0.1) is 0 Å². The van der Waals surface area contributed by atoms with Gasteiger partial charge in [0.2, 0.25) is 5.91 Å². The summed E-state index contributed by atoms with van der Waals surface area (Å²) in [5.74, 6) is -0.349. The molecule has 0 aliphatic carbocycles. The second-order valence-electron chi connectivity index (χ2n) is 5.86. The van der Waals surface area contributed by atoms with Crippen molar-refractivity contribution in [1.29, 1.82) is 0 Å². The molecule has 0 heterocycles. The summed E-state index contributed by atoms with van der Waals surface area (Å²) in [5, 5.41) is 3.34. The van der Waals surface area contributed by atoms with Gasteiger partial charge in [-0.05, 0) is 22.4 Å². The Hall–Kier alpha value is -2.19. The first-order valence-electron chi connectivity index (χ1n) is 7.77. The molecule has 0 aliphatic rings. The van der Waals surface area contributed by atoms with Crippen LogP contribution in [0.25, 0.3) is 10.8 Å². The van der Waals surface area contributed by atoms with Gasteiger partial charge in [-0.25, -0.2) is 0 Å². The van der Waals surface area contributed by atoms with Gasteiger partial charge in [0.1, 0.15) is 11.3 Å². The maximum atomic E-state index is 13.5. The summed E-state index contributed by atoms with van der Waals surface area (Å²) >= 11 is 5.36. The van der Waals surface area contributed by atoms with Crippen molar-refractivity contribution >= 4 is 33.8 Å². The molecule has 26 heavy (non-hydrogen) atoms. The lowest BCUT2D eigenvalue weighted by molar-refractivity contribution is -0.137. The third-order valence-electron chi connectivity index (χ3n) is 3.89. The van der Waals surface area contributed by atoms with Crippen molar-refractivity contribution in [1.82, 2.24) is 10.2 Å². The molecule has 0 atom stereocenters. The van der Waals surface area contributed by atoms with E-state index in [-0.39, 0.29) is 30.1 Å². The van der Waals surface area contributed by atoms with Crippen molar-refractivity contribution in [2.24, 2.45) is 0 Å². The van der Waals surface area contributed by atoms with Gasteiger partial charge in [-0.2, -0.15) is 13.2 Å². The fourth-order valence-corrected chi connectivity index (χ4v) is 2.86. The number of alkyl halides is 3. The molecule has 0 saturated heterocycles. The average molecular weight is 384 g/mol. The predicted octanol–water partition coefficient (Wildman–Crippen LogP) is 3.26. The minimum Gasteiger partial charge on any atom is -0.496 e. The third kappa shape index (κ3) is 4.31. The van der Waals surface area contributed by atoms with Crippen LogP contribution >= 0.6 is 12.2 Å². The summed E-state index contributed by atoms with van der Waals surface area (Å²) < 4.78 is 45.4. The smallest absolute Gasteiger partial charge is 0.420 e. The summed E-state index contributed by atoms with van der Waals surface area (Å²) in [5.41, 5.74) is -0.298. The number of hydrogen-bond acceptors (Lipinski definition) is 4. The summed E-state index contributed by atoms with van der Waals surface area (Å²) in [6.07, 6.45) is -4.55. The zero-order valence-corrected chi connectivity index (χ0v) is 15.4. The van der Waals surface area contributed by atoms with E-state index in [0.29, 0.717) is 15.8 Å². The molecule has 0 radical (unpaired) electrons. The molecule has 0 saturated carbocycles. The standard InChI is InChI=1S/C18H19F3N2O2S/c1-23(2)16(24)10-22-9-15(26)12-5-4-6-13-11(12)7-8-14(25-3)17(13)18(19,20)21/h4-8,22H,9-10H2,1-3H3. The number of ether oxygens (including phenoxy) is 1. The number of fused-ring (bicyclic) bond motifs is 1.